The van der Waals surface area contributed by atoms with Crippen LogP contribution in [0.5, 0.6) is 0 Å². The Morgan fingerprint density at radius 3 is 2.21 bits per heavy atom. The van der Waals surface area contributed by atoms with E-state index in [0.717, 1.165) is 12.1 Å². The Balaban J connectivity index is 2.30. The molecule has 0 amide bonds. The largest absolute Gasteiger partial charge is 0.416 e. The van der Waals surface area contributed by atoms with Crippen LogP contribution in [0.3, 0.4) is 0 Å². The lowest BCUT2D eigenvalue weighted by Crippen LogP contribution is -2.12. The highest BCUT2D eigenvalue weighted by atomic mass is 19.4. The topological polar surface area (TPSA) is 22.0 Å². The van der Waals surface area contributed by atoms with E-state index in [9.17, 15) is 18.0 Å². The van der Waals surface area contributed by atoms with Gasteiger partial charge in [0, 0.05) is 19.3 Å². The molecule has 5 heteroatoms. The minimum atomic E-state index is -4.43. The third kappa shape index (κ3) is 2.97. The maximum Gasteiger partial charge on any atom is 0.416 e. The molecule has 0 unspecified atom stereocenters. The normalized spacial score (nSPS) is 11.5. The van der Waals surface area contributed by atoms with Gasteiger partial charge in [-0.25, -0.2) is 0 Å². The Bertz CT molecular complexity index is 927. The molecule has 24 heavy (non-hydrogen) atoms. The van der Waals surface area contributed by atoms with E-state index in [1.807, 2.05) is 6.07 Å². The van der Waals surface area contributed by atoms with E-state index < -0.39 is 11.7 Å². The van der Waals surface area contributed by atoms with Crippen molar-refractivity contribution in [2.75, 3.05) is 0 Å². The number of halogens is 3. The van der Waals surface area contributed by atoms with Gasteiger partial charge in [-0.05, 0) is 23.3 Å². The van der Waals surface area contributed by atoms with Gasteiger partial charge in [0.1, 0.15) is 0 Å². The predicted octanol–water partition coefficient (Wildman–Crippen LogP) is 4.74. The number of nitrogens with zero attached hydrogens (tertiary/aromatic N) is 1. The first kappa shape index (κ1) is 16.1. The first-order valence-electron chi connectivity index (χ1n) is 7.30. The minimum Gasteiger partial charge on any atom is -0.350 e. The highest BCUT2D eigenvalue weighted by Gasteiger charge is 2.30. The molecule has 0 aliphatic carbocycles. The quantitative estimate of drug-likeness (QED) is 0.666. The van der Waals surface area contributed by atoms with Gasteiger partial charge in [0.25, 0.3) is 0 Å². The van der Waals surface area contributed by atoms with Gasteiger partial charge in [0.05, 0.1) is 16.8 Å². The summed E-state index contributed by atoms with van der Waals surface area (Å²) in [6.45, 7) is 0. The molecule has 0 atom stereocenters. The molecule has 0 radical (unpaired) electrons. The molecule has 3 rings (SSSR count). The SMILES string of the molecule is Cn1ccc(=O)c(-c2ccccc2)c1-c1cccc(C(F)(F)F)c1. The number of alkyl halides is 3. The van der Waals surface area contributed by atoms with Crippen molar-refractivity contribution in [2.24, 2.45) is 7.05 Å². The molecule has 1 heterocycles. The highest BCUT2D eigenvalue weighted by Crippen LogP contribution is 2.34. The summed E-state index contributed by atoms with van der Waals surface area (Å²) in [5.41, 5.74) is 0.900. The Hall–Kier alpha value is -2.82. The van der Waals surface area contributed by atoms with Crippen LogP contribution in [0.2, 0.25) is 0 Å². The van der Waals surface area contributed by atoms with Crippen molar-refractivity contribution in [3.05, 3.63) is 82.6 Å². The Labute approximate surface area is 136 Å². The lowest BCUT2D eigenvalue weighted by atomic mass is 9.97. The molecule has 0 aliphatic heterocycles. The molecule has 0 saturated carbocycles. The van der Waals surface area contributed by atoms with Crippen molar-refractivity contribution in [2.45, 2.75) is 6.18 Å². The van der Waals surface area contributed by atoms with Crippen LogP contribution >= 0.6 is 0 Å². The van der Waals surface area contributed by atoms with E-state index >= 15 is 0 Å². The summed E-state index contributed by atoms with van der Waals surface area (Å²) < 4.78 is 40.7. The van der Waals surface area contributed by atoms with Gasteiger partial charge in [-0.2, -0.15) is 13.2 Å². The van der Waals surface area contributed by atoms with Crippen LogP contribution in [0, 0.1) is 0 Å². The average molecular weight is 329 g/mol. The van der Waals surface area contributed by atoms with Crippen molar-refractivity contribution in [3.63, 3.8) is 0 Å². The summed E-state index contributed by atoms with van der Waals surface area (Å²) in [7, 11) is 1.71. The van der Waals surface area contributed by atoms with Crippen LogP contribution in [0.25, 0.3) is 22.4 Å². The average Bonchev–Trinajstić information content (AvgIpc) is 2.57. The van der Waals surface area contributed by atoms with Crippen LogP contribution in [0.1, 0.15) is 5.56 Å². The Morgan fingerprint density at radius 1 is 0.875 bits per heavy atom. The molecule has 0 N–H and O–H groups in total. The fraction of sp³-hybridized carbons (Fsp3) is 0.105. The molecule has 2 nitrogen and oxygen atoms in total. The van der Waals surface area contributed by atoms with Crippen molar-refractivity contribution in [1.82, 2.24) is 4.57 Å². The van der Waals surface area contributed by atoms with Crippen LogP contribution in [-0.2, 0) is 13.2 Å². The molecular formula is C19H14F3NO. The number of benzene rings is 2. The van der Waals surface area contributed by atoms with E-state index in [-0.39, 0.29) is 5.43 Å². The lowest BCUT2D eigenvalue weighted by molar-refractivity contribution is -0.137. The maximum atomic E-state index is 13.0. The molecule has 0 aliphatic rings. The third-order valence-corrected chi connectivity index (χ3v) is 3.81. The molecule has 0 saturated heterocycles. The van der Waals surface area contributed by atoms with Gasteiger partial charge in [0.15, 0.2) is 5.43 Å². The monoisotopic (exact) mass is 329 g/mol. The fourth-order valence-corrected chi connectivity index (χ4v) is 2.71. The summed E-state index contributed by atoms with van der Waals surface area (Å²) in [4.78, 5) is 12.4. The molecule has 3 aromatic rings. The van der Waals surface area contributed by atoms with Crippen LogP contribution in [-0.4, -0.2) is 4.57 Å². The van der Waals surface area contributed by atoms with Gasteiger partial charge in [0.2, 0.25) is 0 Å². The second-order valence-electron chi connectivity index (χ2n) is 5.46. The van der Waals surface area contributed by atoms with Gasteiger partial charge in [-0.3, -0.25) is 4.79 Å². The van der Waals surface area contributed by atoms with E-state index in [1.54, 1.807) is 48.1 Å². The van der Waals surface area contributed by atoms with E-state index in [1.165, 1.54) is 12.1 Å². The molecule has 0 fully saturated rings. The zero-order chi connectivity index (χ0) is 17.3. The molecule has 2 aromatic carbocycles. The van der Waals surface area contributed by atoms with E-state index in [2.05, 4.69) is 0 Å². The first-order valence-corrected chi connectivity index (χ1v) is 7.30. The van der Waals surface area contributed by atoms with E-state index in [4.69, 9.17) is 0 Å². The zero-order valence-corrected chi connectivity index (χ0v) is 12.8. The number of rotatable bonds is 2. The summed E-state index contributed by atoms with van der Waals surface area (Å²) in [5.74, 6) is 0. The van der Waals surface area contributed by atoms with Gasteiger partial charge < -0.3 is 4.57 Å². The number of pyridine rings is 1. The molecule has 122 valence electrons. The predicted molar refractivity (Wildman–Crippen MR) is 87.6 cm³/mol. The molecule has 0 spiro atoms. The van der Waals surface area contributed by atoms with E-state index in [0.29, 0.717) is 22.4 Å². The third-order valence-electron chi connectivity index (χ3n) is 3.81. The summed E-state index contributed by atoms with van der Waals surface area (Å²) in [5, 5.41) is 0. The van der Waals surface area contributed by atoms with Gasteiger partial charge >= 0.3 is 6.18 Å². The second-order valence-corrected chi connectivity index (χ2v) is 5.46. The lowest BCUT2D eigenvalue weighted by Gasteiger charge is -2.16. The second kappa shape index (κ2) is 6.00. The molecule has 0 bridgehead atoms. The Kier molecular flexibility index (Phi) is 4.01. The van der Waals surface area contributed by atoms with Gasteiger partial charge in [-0.1, -0.05) is 42.5 Å². The van der Waals surface area contributed by atoms with Gasteiger partial charge in [-0.15, -0.1) is 0 Å². The molecule has 1 aromatic heterocycles. The summed E-state index contributed by atoms with van der Waals surface area (Å²) >= 11 is 0. The minimum absolute atomic E-state index is 0.230. The van der Waals surface area contributed by atoms with Crippen molar-refractivity contribution >= 4 is 0 Å². The Morgan fingerprint density at radius 2 is 1.54 bits per heavy atom. The van der Waals surface area contributed by atoms with Crippen molar-refractivity contribution in [3.8, 4) is 22.4 Å². The van der Waals surface area contributed by atoms with Crippen LogP contribution < -0.4 is 5.43 Å². The van der Waals surface area contributed by atoms with Crippen molar-refractivity contribution in [1.29, 1.82) is 0 Å². The maximum absolute atomic E-state index is 13.0. The molecular weight excluding hydrogens is 315 g/mol. The smallest absolute Gasteiger partial charge is 0.350 e. The summed E-state index contributed by atoms with van der Waals surface area (Å²) in [6.07, 6.45) is -2.87. The standard InChI is InChI=1S/C19H14F3NO/c1-23-11-10-16(24)17(13-6-3-2-4-7-13)18(23)14-8-5-9-15(12-14)19(20,21)22/h2-12H,1H3. The van der Waals surface area contributed by atoms with Crippen LogP contribution in [0.15, 0.2) is 71.7 Å². The zero-order valence-electron chi connectivity index (χ0n) is 12.8. The number of hydrogen-bond donors (Lipinski definition) is 0. The number of aryl methyl sites for hydroxylation is 1. The van der Waals surface area contributed by atoms with Crippen molar-refractivity contribution < 1.29 is 13.2 Å². The first-order chi connectivity index (χ1) is 11.4. The fourth-order valence-electron chi connectivity index (χ4n) is 2.71. The number of aromatic nitrogens is 1. The van der Waals surface area contributed by atoms with Crippen LogP contribution in [0.4, 0.5) is 13.2 Å². The number of hydrogen-bond acceptors (Lipinski definition) is 1. The summed E-state index contributed by atoms with van der Waals surface area (Å²) in [6, 6.07) is 15.4. The highest BCUT2D eigenvalue weighted by molar-refractivity contribution is 5.81.